The van der Waals surface area contributed by atoms with Crippen LogP contribution in [0.4, 0.5) is 8.78 Å². The number of carbonyl (C=O) groups excluding carboxylic acids is 1. The lowest BCUT2D eigenvalue weighted by Gasteiger charge is -2.23. The molecule has 0 aliphatic carbocycles. The molecule has 3 aromatic rings. The summed E-state index contributed by atoms with van der Waals surface area (Å²) in [4.78, 5) is 26.8. The van der Waals surface area contributed by atoms with E-state index >= 15 is 4.39 Å². The SMILES string of the molecule is Cc1c(Sc2cccc(C(=O)O)c2F)c2ccc(Cl)c(F)c2n1CC(=O)N1CCC2(C1)OCCO2. The van der Waals surface area contributed by atoms with Crippen molar-refractivity contribution in [1.82, 2.24) is 9.47 Å². The number of hydrogen-bond acceptors (Lipinski definition) is 5. The molecule has 184 valence electrons. The highest BCUT2D eigenvalue weighted by Gasteiger charge is 2.44. The standard InChI is InChI=1S/C24H21ClF2N2O5S/c1-13-22(35-17-4-2-3-14(19(17)26)23(31)32)15-5-6-16(25)20(27)21(15)29(13)11-18(30)28-8-7-24(12-28)33-9-10-34-24/h2-6H,7-12H2,1H3,(H,31,32). The Kier molecular flexibility index (Phi) is 6.25. The van der Waals surface area contributed by atoms with Gasteiger partial charge in [-0.25, -0.2) is 13.6 Å². The van der Waals surface area contributed by atoms with Gasteiger partial charge in [0, 0.05) is 33.8 Å². The number of fused-ring (bicyclic) bond motifs is 1. The first-order valence-corrected chi connectivity index (χ1v) is 12.1. The first-order chi connectivity index (χ1) is 16.7. The van der Waals surface area contributed by atoms with Crippen LogP contribution in [-0.2, 0) is 20.8 Å². The monoisotopic (exact) mass is 522 g/mol. The van der Waals surface area contributed by atoms with Gasteiger partial charge in [0.2, 0.25) is 5.91 Å². The fourth-order valence-electron chi connectivity index (χ4n) is 4.60. The maximum atomic E-state index is 15.2. The average molecular weight is 523 g/mol. The summed E-state index contributed by atoms with van der Waals surface area (Å²) in [6, 6.07) is 7.09. The molecule has 0 saturated carbocycles. The second-order valence-corrected chi connectivity index (χ2v) is 9.92. The molecule has 1 N–H and O–H groups in total. The molecular weight excluding hydrogens is 502 g/mol. The summed E-state index contributed by atoms with van der Waals surface area (Å²) in [6.07, 6.45) is 0.560. The Morgan fingerprint density at radius 2 is 1.91 bits per heavy atom. The van der Waals surface area contributed by atoms with Crippen LogP contribution in [0.2, 0.25) is 5.02 Å². The van der Waals surface area contributed by atoms with Crippen LogP contribution in [0.5, 0.6) is 0 Å². The Morgan fingerprint density at radius 1 is 1.17 bits per heavy atom. The molecule has 3 heterocycles. The number of likely N-dealkylation sites (tertiary alicyclic amines) is 1. The molecule has 11 heteroatoms. The smallest absolute Gasteiger partial charge is 0.338 e. The molecule has 2 aliphatic heterocycles. The second kappa shape index (κ2) is 9.09. The normalized spacial score (nSPS) is 17.1. The van der Waals surface area contributed by atoms with Gasteiger partial charge in [-0.15, -0.1) is 0 Å². The van der Waals surface area contributed by atoms with Crippen molar-refractivity contribution in [3.05, 3.63) is 58.2 Å². The third-order valence-electron chi connectivity index (χ3n) is 6.38. The van der Waals surface area contributed by atoms with Crippen molar-refractivity contribution in [3.8, 4) is 0 Å². The predicted octanol–water partition coefficient (Wildman–Crippen LogP) is 4.71. The van der Waals surface area contributed by atoms with E-state index in [1.807, 2.05) is 0 Å². The molecule has 35 heavy (non-hydrogen) atoms. The zero-order chi connectivity index (χ0) is 24.9. The Hall–Kier alpha value is -2.66. The Balaban J connectivity index is 1.52. The number of ether oxygens (including phenoxy) is 2. The summed E-state index contributed by atoms with van der Waals surface area (Å²) >= 11 is 7.04. The predicted molar refractivity (Wildman–Crippen MR) is 125 cm³/mol. The molecule has 2 saturated heterocycles. The first kappa shape index (κ1) is 24.1. The highest BCUT2D eigenvalue weighted by atomic mass is 35.5. The van der Waals surface area contributed by atoms with Crippen LogP contribution in [-0.4, -0.2) is 58.5 Å². The third-order valence-corrected chi connectivity index (χ3v) is 7.92. The summed E-state index contributed by atoms with van der Waals surface area (Å²) in [5.74, 6) is -3.96. The van der Waals surface area contributed by atoms with Crippen LogP contribution in [0.15, 0.2) is 40.1 Å². The number of carbonyl (C=O) groups is 2. The van der Waals surface area contributed by atoms with E-state index in [9.17, 15) is 19.1 Å². The molecule has 0 unspecified atom stereocenters. The van der Waals surface area contributed by atoms with E-state index < -0.39 is 29.0 Å². The van der Waals surface area contributed by atoms with E-state index in [1.165, 1.54) is 28.8 Å². The van der Waals surface area contributed by atoms with Crippen LogP contribution in [0.1, 0.15) is 22.5 Å². The quantitative estimate of drug-likeness (QED) is 0.523. The number of carboxylic acids is 1. The van der Waals surface area contributed by atoms with Gasteiger partial charge in [0.1, 0.15) is 6.54 Å². The van der Waals surface area contributed by atoms with Gasteiger partial charge in [-0.1, -0.05) is 29.4 Å². The van der Waals surface area contributed by atoms with Crippen LogP contribution in [0, 0.1) is 18.6 Å². The largest absolute Gasteiger partial charge is 0.478 e. The minimum atomic E-state index is -1.38. The van der Waals surface area contributed by atoms with Crippen molar-refractivity contribution in [2.75, 3.05) is 26.3 Å². The van der Waals surface area contributed by atoms with Gasteiger partial charge in [-0.2, -0.15) is 0 Å². The molecule has 2 aromatic carbocycles. The highest BCUT2D eigenvalue weighted by Crippen LogP contribution is 2.42. The number of benzene rings is 2. The lowest BCUT2D eigenvalue weighted by Crippen LogP contribution is -2.38. The van der Waals surface area contributed by atoms with Crippen molar-refractivity contribution in [3.63, 3.8) is 0 Å². The number of hydrogen-bond donors (Lipinski definition) is 1. The maximum absolute atomic E-state index is 15.2. The van der Waals surface area contributed by atoms with E-state index in [-0.39, 0.29) is 27.9 Å². The Morgan fingerprint density at radius 3 is 2.63 bits per heavy atom. The van der Waals surface area contributed by atoms with Crippen LogP contribution >= 0.6 is 23.4 Å². The van der Waals surface area contributed by atoms with E-state index in [4.69, 9.17) is 21.1 Å². The lowest BCUT2D eigenvalue weighted by molar-refractivity contribution is -0.152. The van der Waals surface area contributed by atoms with Crippen LogP contribution < -0.4 is 0 Å². The highest BCUT2D eigenvalue weighted by molar-refractivity contribution is 7.99. The van der Waals surface area contributed by atoms with Gasteiger partial charge in [0.15, 0.2) is 17.4 Å². The zero-order valence-electron chi connectivity index (χ0n) is 18.6. The molecule has 0 bridgehead atoms. The molecule has 2 aliphatic rings. The Bertz CT molecular complexity index is 1360. The van der Waals surface area contributed by atoms with Gasteiger partial charge in [-0.05, 0) is 31.2 Å². The number of rotatable bonds is 5. The van der Waals surface area contributed by atoms with E-state index in [0.717, 1.165) is 11.8 Å². The van der Waals surface area contributed by atoms with E-state index in [0.29, 0.717) is 48.7 Å². The molecular formula is C24H21ClF2N2O5S. The topological polar surface area (TPSA) is 81.0 Å². The summed E-state index contributed by atoms with van der Waals surface area (Å²) < 4.78 is 43.0. The molecule has 1 amide bonds. The first-order valence-electron chi connectivity index (χ1n) is 10.9. The van der Waals surface area contributed by atoms with Gasteiger partial charge in [-0.3, -0.25) is 4.79 Å². The van der Waals surface area contributed by atoms with Crippen molar-refractivity contribution >= 4 is 46.1 Å². The number of nitrogens with zero attached hydrogens (tertiary/aromatic N) is 2. The molecule has 2 fully saturated rings. The summed E-state index contributed by atoms with van der Waals surface area (Å²) in [7, 11) is 0. The number of aromatic nitrogens is 1. The third kappa shape index (κ3) is 4.18. The van der Waals surface area contributed by atoms with Crippen molar-refractivity contribution in [2.24, 2.45) is 0 Å². The number of aromatic carboxylic acids is 1. The molecule has 5 rings (SSSR count). The second-order valence-electron chi connectivity index (χ2n) is 8.46. The van der Waals surface area contributed by atoms with E-state index in [2.05, 4.69) is 0 Å². The molecule has 0 atom stereocenters. The van der Waals surface area contributed by atoms with Crippen molar-refractivity contribution in [1.29, 1.82) is 0 Å². The summed E-state index contributed by atoms with van der Waals surface area (Å²) in [5.41, 5.74) is 0.199. The van der Waals surface area contributed by atoms with Gasteiger partial charge >= 0.3 is 5.97 Å². The number of amides is 1. The fourth-order valence-corrected chi connectivity index (χ4v) is 5.85. The lowest BCUT2D eigenvalue weighted by atomic mass is 10.2. The number of carboxylic acid groups (broad SMARTS) is 1. The van der Waals surface area contributed by atoms with Gasteiger partial charge < -0.3 is 24.0 Å². The van der Waals surface area contributed by atoms with Crippen LogP contribution in [0.25, 0.3) is 10.9 Å². The van der Waals surface area contributed by atoms with Gasteiger partial charge in [0.25, 0.3) is 0 Å². The Labute approximate surface area is 208 Å². The van der Waals surface area contributed by atoms with Gasteiger partial charge in [0.05, 0.1) is 35.9 Å². The van der Waals surface area contributed by atoms with Crippen LogP contribution in [0.3, 0.4) is 0 Å². The minimum Gasteiger partial charge on any atom is -0.478 e. The van der Waals surface area contributed by atoms with Crippen molar-refractivity contribution in [2.45, 2.75) is 35.5 Å². The molecule has 0 radical (unpaired) electrons. The fraction of sp³-hybridized carbons (Fsp3) is 0.333. The van der Waals surface area contributed by atoms with Crippen molar-refractivity contribution < 1.29 is 33.0 Å². The van der Waals surface area contributed by atoms with E-state index in [1.54, 1.807) is 17.9 Å². The molecule has 7 nitrogen and oxygen atoms in total. The number of halogens is 3. The molecule has 1 spiro atoms. The average Bonchev–Trinajstić information content (AvgIpc) is 3.53. The summed E-state index contributed by atoms with van der Waals surface area (Å²) in [5, 5.41) is 9.60. The maximum Gasteiger partial charge on any atom is 0.338 e. The zero-order valence-corrected chi connectivity index (χ0v) is 20.2. The minimum absolute atomic E-state index is 0.0748. The summed E-state index contributed by atoms with van der Waals surface area (Å²) in [6.45, 7) is 3.25. The molecule has 1 aromatic heterocycles.